The highest BCUT2D eigenvalue weighted by atomic mass is 79.9. The van der Waals surface area contributed by atoms with Gasteiger partial charge in [0.15, 0.2) is 0 Å². The van der Waals surface area contributed by atoms with Crippen LogP contribution < -0.4 is 5.32 Å². The fourth-order valence-electron chi connectivity index (χ4n) is 0.234. The summed E-state index contributed by atoms with van der Waals surface area (Å²) in [7, 11) is 0. The highest BCUT2D eigenvalue weighted by Gasteiger charge is 1.93. The second-order valence-corrected chi connectivity index (χ2v) is 1.73. The highest BCUT2D eigenvalue weighted by molar-refractivity contribution is 9.09. The molecule has 0 heterocycles. The van der Waals surface area contributed by atoms with Crippen LogP contribution in [0.5, 0.6) is 0 Å². The Morgan fingerprint density at radius 1 is 1.75 bits per heavy atom. The van der Waals surface area contributed by atoms with Crippen molar-refractivity contribution in [2.24, 2.45) is 0 Å². The third-order valence-electron chi connectivity index (χ3n) is 0.538. The molecular weight excluding hydrogens is 177 g/mol. The number of alkyl halides is 2. The van der Waals surface area contributed by atoms with Gasteiger partial charge in [-0.2, -0.15) is 0 Å². The van der Waals surface area contributed by atoms with E-state index >= 15 is 0 Å². The van der Waals surface area contributed by atoms with Crippen LogP contribution in [0.2, 0.25) is 0 Å². The summed E-state index contributed by atoms with van der Waals surface area (Å²) in [4.78, 5) is 10.2. The number of halogens is 2. The Kier molecular flexibility index (Phi) is 4.95. The van der Waals surface area contributed by atoms with E-state index in [-0.39, 0.29) is 17.8 Å². The van der Waals surface area contributed by atoms with Gasteiger partial charge < -0.3 is 5.32 Å². The van der Waals surface area contributed by atoms with Crippen molar-refractivity contribution in [3.8, 4) is 0 Å². The van der Waals surface area contributed by atoms with Gasteiger partial charge >= 0.3 is 0 Å². The van der Waals surface area contributed by atoms with Gasteiger partial charge in [-0.15, -0.1) is 0 Å². The molecule has 4 heteroatoms. The van der Waals surface area contributed by atoms with Gasteiger partial charge in [-0.25, -0.2) is 4.39 Å². The topological polar surface area (TPSA) is 29.1 Å². The first-order valence-electron chi connectivity index (χ1n) is 2.20. The number of carbonyl (C=O) groups excluding carboxylic acids is 1. The molecule has 1 N–H and O–H groups in total. The number of nitrogens with one attached hydrogen (secondary N) is 1. The molecule has 0 rings (SSSR count). The van der Waals surface area contributed by atoms with Crippen LogP contribution >= 0.6 is 15.9 Å². The molecule has 0 aliphatic carbocycles. The number of hydrogen-bond acceptors (Lipinski definition) is 1. The fourth-order valence-corrected chi connectivity index (χ4v) is 0.432. The highest BCUT2D eigenvalue weighted by Crippen LogP contribution is 1.76. The molecule has 0 unspecified atom stereocenters. The Balaban J connectivity index is 2.99. The number of hydrogen-bond donors (Lipinski definition) is 1. The Morgan fingerprint density at radius 3 is 2.75 bits per heavy atom. The lowest BCUT2D eigenvalue weighted by Gasteiger charge is -1.94. The maximum Gasteiger partial charge on any atom is 0.230 e. The zero-order valence-electron chi connectivity index (χ0n) is 4.29. The van der Waals surface area contributed by atoms with E-state index in [0.717, 1.165) is 0 Å². The summed E-state index contributed by atoms with van der Waals surface area (Å²) in [6.45, 7) is -0.386. The SMILES string of the molecule is O=C(CBr)NCCF. The van der Waals surface area contributed by atoms with Crippen LogP contribution in [0.15, 0.2) is 0 Å². The summed E-state index contributed by atoms with van der Waals surface area (Å²) in [5, 5.41) is 2.56. The standard InChI is InChI=1S/C4H7BrFNO/c5-3-4(8)7-2-1-6/h1-3H2,(H,7,8). The molecule has 0 saturated carbocycles. The molecular formula is C4H7BrFNO. The van der Waals surface area contributed by atoms with Crippen LogP contribution in [-0.4, -0.2) is 24.5 Å². The fraction of sp³-hybridized carbons (Fsp3) is 0.750. The maximum absolute atomic E-state index is 11.3. The maximum atomic E-state index is 11.3. The smallest absolute Gasteiger partial charge is 0.230 e. The van der Waals surface area contributed by atoms with Crippen molar-refractivity contribution in [3.05, 3.63) is 0 Å². The lowest BCUT2D eigenvalue weighted by molar-refractivity contribution is -0.118. The monoisotopic (exact) mass is 183 g/mol. The molecule has 0 aliphatic heterocycles. The van der Waals surface area contributed by atoms with Crippen LogP contribution in [-0.2, 0) is 4.79 Å². The zero-order chi connectivity index (χ0) is 6.41. The summed E-state index contributed by atoms with van der Waals surface area (Å²) in [5.74, 6) is -0.178. The van der Waals surface area contributed by atoms with Crippen LogP contribution in [0.4, 0.5) is 4.39 Å². The summed E-state index contributed by atoms with van der Waals surface area (Å²) >= 11 is 2.91. The third-order valence-corrected chi connectivity index (χ3v) is 1.05. The van der Waals surface area contributed by atoms with Crippen molar-refractivity contribution in [3.63, 3.8) is 0 Å². The first-order chi connectivity index (χ1) is 3.81. The van der Waals surface area contributed by atoms with Gasteiger partial charge in [-0.1, -0.05) is 15.9 Å². The van der Waals surface area contributed by atoms with E-state index in [0.29, 0.717) is 0 Å². The molecule has 0 radical (unpaired) electrons. The molecule has 0 atom stereocenters. The quantitative estimate of drug-likeness (QED) is 0.634. The normalized spacial score (nSPS) is 8.75. The molecule has 0 aliphatic rings. The van der Waals surface area contributed by atoms with Crippen molar-refractivity contribution in [2.45, 2.75) is 0 Å². The summed E-state index contributed by atoms with van der Waals surface area (Å²) < 4.78 is 11.3. The molecule has 48 valence electrons. The van der Waals surface area contributed by atoms with Crippen molar-refractivity contribution >= 4 is 21.8 Å². The average molecular weight is 184 g/mol. The predicted molar refractivity (Wildman–Crippen MR) is 32.8 cm³/mol. The molecule has 8 heavy (non-hydrogen) atoms. The number of carbonyl (C=O) groups is 1. The van der Waals surface area contributed by atoms with Gasteiger partial charge in [0.2, 0.25) is 5.91 Å². The van der Waals surface area contributed by atoms with Crippen molar-refractivity contribution in [1.29, 1.82) is 0 Å². The minimum absolute atomic E-state index is 0.116. The molecule has 0 aromatic carbocycles. The van der Waals surface area contributed by atoms with Gasteiger partial charge in [-0.3, -0.25) is 4.79 Å². The molecule has 0 bridgehead atoms. The lowest BCUT2D eigenvalue weighted by atomic mass is 10.6. The van der Waals surface area contributed by atoms with E-state index in [1.807, 2.05) is 0 Å². The molecule has 2 nitrogen and oxygen atoms in total. The van der Waals surface area contributed by atoms with Crippen molar-refractivity contribution in [1.82, 2.24) is 5.32 Å². The third kappa shape index (κ3) is 4.05. The molecule has 1 amide bonds. The molecule has 0 saturated heterocycles. The lowest BCUT2D eigenvalue weighted by Crippen LogP contribution is -2.26. The minimum Gasteiger partial charge on any atom is -0.353 e. The van der Waals surface area contributed by atoms with Crippen LogP contribution in [0, 0.1) is 0 Å². The zero-order valence-corrected chi connectivity index (χ0v) is 5.87. The minimum atomic E-state index is -0.501. The van der Waals surface area contributed by atoms with E-state index in [2.05, 4.69) is 21.2 Å². The van der Waals surface area contributed by atoms with Crippen molar-refractivity contribution in [2.75, 3.05) is 18.5 Å². The van der Waals surface area contributed by atoms with Gasteiger partial charge in [-0.05, 0) is 0 Å². The van der Waals surface area contributed by atoms with E-state index in [9.17, 15) is 9.18 Å². The Labute approximate surface area is 55.6 Å². The summed E-state index contributed by atoms with van der Waals surface area (Å²) in [5.41, 5.74) is 0. The van der Waals surface area contributed by atoms with Crippen LogP contribution in [0.1, 0.15) is 0 Å². The van der Waals surface area contributed by atoms with Gasteiger partial charge in [0, 0.05) is 6.54 Å². The Hall–Kier alpha value is -0.120. The largest absolute Gasteiger partial charge is 0.353 e. The van der Waals surface area contributed by atoms with Crippen molar-refractivity contribution < 1.29 is 9.18 Å². The van der Waals surface area contributed by atoms with Gasteiger partial charge in [0.05, 0.1) is 5.33 Å². The molecule has 0 aromatic rings. The second kappa shape index (κ2) is 5.03. The van der Waals surface area contributed by atoms with E-state index in [1.54, 1.807) is 0 Å². The van der Waals surface area contributed by atoms with E-state index < -0.39 is 6.67 Å². The number of rotatable bonds is 3. The molecule has 0 aromatic heterocycles. The van der Waals surface area contributed by atoms with Crippen LogP contribution in [0.25, 0.3) is 0 Å². The first kappa shape index (κ1) is 7.88. The Morgan fingerprint density at radius 2 is 2.38 bits per heavy atom. The Bertz CT molecular complexity index is 78.4. The van der Waals surface area contributed by atoms with Gasteiger partial charge in [0.1, 0.15) is 6.67 Å². The van der Waals surface area contributed by atoms with E-state index in [1.165, 1.54) is 0 Å². The summed E-state index contributed by atoms with van der Waals surface area (Å²) in [6, 6.07) is 0. The molecule has 0 spiro atoms. The van der Waals surface area contributed by atoms with E-state index in [4.69, 9.17) is 0 Å². The number of amides is 1. The second-order valence-electron chi connectivity index (χ2n) is 1.17. The average Bonchev–Trinajstić information content (AvgIpc) is 1.83. The van der Waals surface area contributed by atoms with Gasteiger partial charge in [0.25, 0.3) is 0 Å². The molecule has 0 fully saturated rings. The predicted octanol–water partition coefficient (Wildman–Crippen LogP) is 0.467. The summed E-state index contributed by atoms with van der Waals surface area (Å²) in [6.07, 6.45) is 0. The first-order valence-corrected chi connectivity index (χ1v) is 3.32. The van der Waals surface area contributed by atoms with Crippen LogP contribution in [0.3, 0.4) is 0 Å².